The molecule has 0 aliphatic heterocycles. The van der Waals surface area contributed by atoms with E-state index >= 15 is 0 Å². The summed E-state index contributed by atoms with van der Waals surface area (Å²) in [5.41, 5.74) is 0.977. The molecular weight excluding hydrogens is 408 g/mol. The lowest BCUT2D eigenvalue weighted by Crippen LogP contribution is -2.30. The fourth-order valence-corrected chi connectivity index (χ4v) is 3.36. The molecule has 0 radical (unpaired) electrons. The Kier molecular flexibility index (Phi) is 7.13. The quantitative estimate of drug-likeness (QED) is 0.657. The number of esters is 1. The first-order valence-electron chi connectivity index (χ1n) is 7.92. The number of carbonyl (C=O) groups excluding carboxylic acids is 3. The summed E-state index contributed by atoms with van der Waals surface area (Å²) in [6, 6.07) is 11.9. The zero-order chi connectivity index (χ0) is 20.7. The van der Waals surface area contributed by atoms with Gasteiger partial charge < -0.3 is 15.4 Å². The number of hydrogen-bond donors (Lipinski definition) is 2. The molecule has 8 nitrogen and oxygen atoms in total. The lowest BCUT2D eigenvalue weighted by Gasteiger charge is -2.08. The summed E-state index contributed by atoms with van der Waals surface area (Å²) in [6.07, 6.45) is 0. The number of nitrogens with one attached hydrogen (secondary N) is 2. The number of hydrogen-bond acceptors (Lipinski definition) is 6. The highest BCUT2D eigenvalue weighted by Crippen LogP contribution is 2.14. The molecule has 2 amide bonds. The Labute approximate surface area is 166 Å². The van der Waals surface area contributed by atoms with Gasteiger partial charge in [0, 0.05) is 16.4 Å². The van der Waals surface area contributed by atoms with Crippen LogP contribution in [0.5, 0.6) is 0 Å². The van der Waals surface area contributed by atoms with E-state index in [9.17, 15) is 22.8 Å². The van der Waals surface area contributed by atoms with Crippen molar-refractivity contribution in [2.24, 2.45) is 0 Å². The van der Waals surface area contributed by atoms with Crippen LogP contribution < -0.4 is 10.6 Å². The average molecular weight is 425 g/mol. The summed E-state index contributed by atoms with van der Waals surface area (Å²) in [4.78, 5) is 35.2. The number of rotatable bonds is 7. The van der Waals surface area contributed by atoms with E-state index < -0.39 is 39.1 Å². The normalized spacial score (nSPS) is 10.8. The van der Waals surface area contributed by atoms with Crippen LogP contribution in [0.2, 0.25) is 5.02 Å². The Morgan fingerprint density at radius 2 is 1.29 bits per heavy atom. The van der Waals surface area contributed by atoms with Crippen molar-refractivity contribution in [3.63, 3.8) is 0 Å². The number of benzene rings is 2. The van der Waals surface area contributed by atoms with Crippen LogP contribution in [0.1, 0.15) is 10.4 Å². The highest BCUT2D eigenvalue weighted by molar-refractivity contribution is 7.92. The van der Waals surface area contributed by atoms with Crippen molar-refractivity contribution < 1.29 is 27.5 Å². The fraction of sp³-hybridized carbons (Fsp3) is 0.167. The van der Waals surface area contributed by atoms with Crippen LogP contribution in [-0.2, 0) is 24.2 Å². The predicted molar refractivity (Wildman–Crippen MR) is 105 cm³/mol. The number of sulfone groups is 1. The second-order valence-corrected chi connectivity index (χ2v) is 8.21. The summed E-state index contributed by atoms with van der Waals surface area (Å²) in [5, 5.41) is 5.29. The Morgan fingerprint density at radius 1 is 0.857 bits per heavy atom. The van der Waals surface area contributed by atoms with Crippen LogP contribution in [0.3, 0.4) is 0 Å². The summed E-state index contributed by atoms with van der Waals surface area (Å²) < 4.78 is 28.7. The minimum atomic E-state index is -3.98. The van der Waals surface area contributed by atoms with Gasteiger partial charge in [-0.3, -0.25) is 9.59 Å². The molecule has 148 valence electrons. The third-order valence-corrected chi connectivity index (χ3v) is 5.08. The molecule has 0 heterocycles. The van der Waals surface area contributed by atoms with Gasteiger partial charge in [-0.15, -0.1) is 0 Å². The average Bonchev–Trinajstić information content (AvgIpc) is 2.62. The molecule has 0 aromatic heterocycles. The number of ether oxygens (including phenoxy) is 1. The zero-order valence-electron chi connectivity index (χ0n) is 14.8. The van der Waals surface area contributed by atoms with Gasteiger partial charge in [0.1, 0.15) is 11.5 Å². The van der Waals surface area contributed by atoms with Crippen molar-refractivity contribution in [2.75, 3.05) is 29.2 Å². The van der Waals surface area contributed by atoms with E-state index in [4.69, 9.17) is 11.6 Å². The number of halogens is 1. The van der Waals surface area contributed by atoms with Crippen LogP contribution in [-0.4, -0.2) is 44.8 Å². The van der Waals surface area contributed by atoms with Crippen LogP contribution in [0, 0.1) is 0 Å². The topological polar surface area (TPSA) is 119 Å². The van der Waals surface area contributed by atoms with Crippen LogP contribution in [0.15, 0.2) is 48.5 Å². The summed E-state index contributed by atoms with van der Waals surface area (Å²) in [6.45, 7) is 0. The molecule has 0 atom stereocenters. The highest BCUT2D eigenvalue weighted by Gasteiger charge is 2.21. The highest BCUT2D eigenvalue weighted by atomic mass is 35.5. The molecule has 0 fully saturated rings. The molecular formula is C18H17ClN2O6S. The zero-order valence-corrected chi connectivity index (χ0v) is 16.3. The lowest BCUT2D eigenvalue weighted by molar-refractivity contribution is -0.114. The Hall–Kier alpha value is -2.91. The molecule has 2 aromatic carbocycles. The maximum absolute atomic E-state index is 12.1. The molecule has 0 saturated carbocycles. The molecule has 0 saturated heterocycles. The van der Waals surface area contributed by atoms with Gasteiger partial charge in [0.25, 0.3) is 0 Å². The first kappa shape index (κ1) is 21.4. The van der Waals surface area contributed by atoms with Crippen LogP contribution in [0.25, 0.3) is 0 Å². The van der Waals surface area contributed by atoms with E-state index in [1.165, 1.54) is 43.5 Å². The second-order valence-electron chi connectivity index (χ2n) is 5.70. The Balaban J connectivity index is 1.90. The third-order valence-electron chi connectivity index (χ3n) is 3.42. The molecule has 2 rings (SSSR count). The smallest absolute Gasteiger partial charge is 0.337 e. The van der Waals surface area contributed by atoms with E-state index in [-0.39, 0.29) is 5.56 Å². The predicted octanol–water partition coefficient (Wildman–Crippen LogP) is 2.12. The molecule has 0 aliphatic carbocycles. The van der Waals surface area contributed by atoms with E-state index in [1.54, 1.807) is 12.1 Å². The van der Waals surface area contributed by atoms with Gasteiger partial charge in [0.2, 0.25) is 11.8 Å². The van der Waals surface area contributed by atoms with E-state index in [2.05, 4.69) is 15.4 Å². The molecule has 0 unspecified atom stereocenters. The van der Waals surface area contributed by atoms with Crippen LogP contribution >= 0.6 is 11.6 Å². The standard InChI is InChI=1S/C18H17ClN2O6S/c1-27-18(24)12-2-6-14(7-3-12)20-16(22)10-28(25,26)11-17(23)21-15-8-4-13(19)5-9-15/h2-9H,10-11H2,1H3,(H,20,22)(H,21,23). The van der Waals surface area contributed by atoms with Gasteiger partial charge in [-0.05, 0) is 48.5 Å². The molecule has 0 aliphatic rings. The van der Waals surface area contributed by atoms with Crippen molar-refractivity contribution >= 4 is 50.6 Å². The third kappa shape index (κ3) is 6.67. The number of anilines is 2. The number of carbonyl (C=O) groups is 3. The van der Waals surface area contributed by atoms with Crippen molar-refractivity contribution in [3.8, 4) is 0 Å². The van der Waals surface area contributed by atoms with Crippen molar-refractivity contribution in [1.82, 2.24) is 0 Å². The van der Waals surface area contributed by atoms with Gasteiger partial charge in [-0.2, -0.15) is 0 Å². The maximum Gasteiger partial charge on any atom is 0.337 e. The fourth-order valence-electron chi connectivity index (χ4n) is 2.19. The second kappa shape index (κ2) is 9.34. The van der Waals surface area contributed by atoms with Gasteiger partial charge in [0.15, 0.2) is 9.84 Å². The first-order chi connectivity index (χ1) is 13.2. The minimum Gasteiger partial charge on any atom is -0.465 e. The SMILES string of the molecule is COC(=O)c1ccc(NC(=O)CS(=O)(=O)CC(=O)Nc2ccc(Cl)cc2)cc1. The van der Waals surface area contributed by atoms with E-state index in [0.29, 0.717) is 16.4 Å². The summed E-state index contributed by atoms with van der Waals surface area (Å²) in [5.74, 6) is -3.81. The summed E-state index contributed by atoms with van der Waals surface area (Å²) >= 11 is 5.73. The van der Waals surface area contributed by atoms with Gasteiger partial charge in [0.05, 0.1) is 12.7 Å². The molecule has 0 spiro atoms. The van der Waals surface area contributed by atoms with E-state index in [0.717, 1.165) is 0 Å². The molecule has 28 heavy (non-hydrogen) atoms. The Morgan fingerprint density at radius 3 is 1.71 bits per heavy atom. The minimum absolute atomic E-state index is 0.284. The van der Waals surface area contributed by atoms with Crippen molar-refractivity contribution in [1.29, 1.82) is 0 Å². The number of amides is 2. The molecule has 10 heteroatoms. The maximum atomic E-state index is 12.1. The van der Waals surface area contributed by atoms with Crippen molar-refractivity contribution in [3.05, 3.63) is 59.1 Å². The first-order valence-corrected chi connectivity index (χ1v) is 10.1. The van der Waals surface area contributed by atoms with Gasteiger partial charge in [-0.25, -0.2) is 13.2 Å². The summed E-state index contributed by atoms with van der Waals surface area (Å²) in [7, 11) is -2.74. The lowest BCUT2D eigenvalue weighted by atomic mass is 10.2. The molecule has 2 N–H and O–H groups in total. The molecule has 0 bridgehead atoms. The van der Waals surface area contributed by atoms with Crippen LogP contribution in [0.4, 0.5) is 11.4 Å². The largest absolute Gasteiger partial charge is 0.465 e. The van der Waals surface area contributed by atoms with Gasteiger partial charge >= 0.3 is 5.97 Å². The van der Waals surface area contributed by atoms with Crippen molar-refractivity contribution in [2.45, 2.75) is 0 Å². The van der Waals surface area contributed by atoms with E-state index in [1.807, 2.05) is 0 Å². The monoisotopic (exact) mass is 424 g/mol. The molecule has 2 aromatic rings. The number of methoxy groups -OCH3 is 1. The van der Waals surface area contributed by atoms with Gasteiger partial charge in [-0.1, -0.05) is 11.6 Å². The Bertz CT molecular complexity index is 972.